The highest BCUT2D eigenvalue weighted by Crippen LogP contribution is 2.27. The van der Waals surface area contributed by atoms with Crippen LogP contribution in [0.4, 0.5) is 13.2 Å². The van der Waals surface area contributed by atoms with Gasteiger partial charge in [0.05, 0.1) is 11.3 Å². The van der Waals surface area contributed by atoms with Crippen molar-refractivity contribution in [1.29, 1.82) is 0 Å². The molecule has 0 unspecified atom stereocenters. The summed E-state index contributed by atoms with van der Waals surface area (Å²) >= 11 is 3.26. The third-order valence-electron chi connectivity index (χ3n) is 2.67. The van der Waals surface area contributed by atoms with Gasteiger partial charge in [-0.25, -0.2) is 0 Å². The van der Waals surface area contributed by atoms with Crippen molar-refractivity contribution in [2.75, 3.05) is 14.1 Å². The molecule has 1 heterocycles. The van der Waals surface area contributed by atoms with E-state index < -0.39 is 17.5 Å². The Morgan fingerprint density at radius 2 is 1.87 bits per heavy atom. The van der Waals surface area contributed by atoms with Crippen LogP contribution in [0.25, 0.3) is 11.3 Å². The Morgan fingerprint density at radius 1 is 1.26 bits per heavy atom. The first-order chi connectivity index (χ1) is 10.7. The predicted octanol–water partition coefficient (Wildman–Crippen LogP) is 2.46. The van der Waals surface area contributed by atoms with Crippen LogP contribution in [-0.4, -0.2) is 51.2 Å². The van der Waals surface area contributed by atoms with E-state index in [0.29, 0.717) is 5.69 Å². The summed E-state index contributed by atoms with van der Waals surface area (Å²) in [5.41, 5.74) is -0.219. The summed E-state index contributed by atoms with van der Waals surface area (Å²) < 4.78 is 40.4. The zero-order valence-electron chi connectivity index (χ0n) is 12.0. The van der Waals surface area contributed by atoms with Crippen molar-refractivity contribution in [2.45, 2.75) is 6.18 Å². The summed E-state index contributed by atoms with van der Waals surface area (Å²) in [4.78, 5) is 13.0. The van der Waals surface area contributed by atoms with Crippen molar-refractivity contribution in [3.8, 4) is 5.69 Å². The predicted molar refractivity (Wildman–Crippen MR) is 79.6 cm³/mol. The number of Topliss-reactive ketones (excluding diaryl/α,β-unsaturated/α-hetero) is 1. The smallest absolute Gasteiger partial charge is 0.383 e. The number of tetrazole rings is 1. The number of alkyl halides is 3. The van der Waals surface area contributed by atoms with Crippen LogP contribution in [0.5, 0.6) is 0 Å². The second-order valence-corrected chi connectivity index (χ2v) is 5.64. The van der Waals surface area contributed by atoms with E-state index in [-0.39, 0.29) is 5.82 Å². The number of allylic oxidation sites excluding steroid dienone is 1. The van der Waals surface area contributed by atoms with Gasteiger partial charge in [0.25, 0.3) is 5.78 Å². The lowest BCUT2D eigenvalue weighted by Gasteiger charge is -2.13. The number of nitrogens with zero attached hydrogens (tertiary/aromatic N) is 5. The summed E-state index contributed by atoms with van der Waals surface area (Å²) in [6.07, 6.45) is -3.99. The standard InChI is InChI=1S/C13H11BrF3N5O/c1-21(2)7-10(11(23)13(15,16)17)12-18-19-20-22(12)9-5-3-8(14)4-6-9/h3-7H,1-2H3. The molecular formula is C13H11BrF3N5O. The van der Waals surface area contributed by atoms with Crippen LogP contribution in [0, 0.1) is 0 Å². The Bertz CT molecular complexity index is 737. The van der Waals surface area contributed by atoms with Gasteiger partial charge in [-0.2, -0.15) is 17.9 Å². The third-order valence-corrected chi connectivity index (χ3v) is 3.20. The fourth-order valence-electron chi connectivity index (χ4n) is 1.74. The molecule has 0 N–H and O–H groups in total. The molecule has 0 spiro atoms. The summed E-state index contributed by atoms with van der Waals surface area (Å²) in [6.45, 7) is 0. The highest BCUT2D eigenvalue weighted by Gasteiger charge is 2.43. The van der Waals surface area contributed by atoms with E-state index in [1.807, 2.05) is 0 Å². The average Bonchev–Trinajstić information content (AvgIpc) is 2.92. The van der Waals surface area contributed by atoms with E-state index in [0.717, 1.165) is 15.4 Å². The Labute approximate surface area is 137 Å². The van der Waals surface area contributed by atoms with E-state index in [9.17, 15) is 18.0 Å². The molecule has 0 radical (unpaired) electrons. The Kier molecular flexibility index (Phi) is 4.83. The maximum absolute atomic E-state index is 12.8. The molecule has 0 aliphatic heterocycles. The Morgan fingerprint density at radius 3 is 2.39 bits per heavy atom. The molecule has 10 heteroatoms. The largest absolute Gasteiger partial charge is 0.455 e. The topological polar surface area (TPSA) is 63.9 Å². The molecule has 2 rings (SSSR count). The quantitative estimate of drug-likeness (QED) is 0.751. The van der Waals surface area contributed by atoms with Crippen molar-refractivity contribution in [3.05, 3.63) is 40.8 Å². The van der Waals surface area contributed by atoms with Crippen LogP contribution in [0.2, 0.25) is 0 Å². The number of aromatic nitrogens is 4. The van der Waals surface area contributed by atoms with Crippen LogP contribution in [0.1, 0.15) is 5.82 Å². The van der Waals surface area contributed by atoms with Crippen molar-refractivity contribution in [2.24, 2.45) is 0 Å². The number of hydrogen-bond acceptors (Lipinski definition) is 5. The van der Waals surface area contributed by atoms with Crippen molar-refractivity contribution < 1.29 is 18.0 Å². The van der Waals surface area contributed by atoms with Gasteiger partial charge < -0.3 is 4.90 Å². The van der Waals surface area contributed by atoms with Gasteiger partial charge in [0, 0.05) is 24.8 Å². The molecule has 0 saturated carbocycles. The highest BCUT2D eigenvalue weighted by molar-refractivity contribution is 9.10. The maximum atomic E-state index is 12.8. The third kappa shape index (κ3) is 3.95. The van der Waals surface area contributed by atoms with Crippen LogP contribution >= 0.6 is 15.9 Å². The highest BCUT2D eigenvalue weighted by atomic mass is 79.9. The normalized spacial score (nSPS) is 12.3. The number of hydrogen-bond donors (Lipinski definition) is 0. The minimum Gasteiger partial charge on any atom is -0.383 e. The van der Waals surface area contributed by atoms with Crippen LogP contribution in [0.15, 0.2) is 34.9 Å². The lowest BCUT2D eigenvalue weighted by atomic mass is 10.1. The van der Waals surface area contributed by atoms with E-state index in [1.165, 1.54) is 19.0 Å². The zero-order chi connectivity index (χ0) is 17.2. The number of rotatable bonds is 4. The van der Waals surface area contributed by atoms with Gasteiger partial charge in [0.2, 0.25) is 0 Å². The SMILES string of the molecule is CN(C)C=C(C(=O)C(F)(F)F)c1nnnn1-c1ccc(Br)cc1. The number of carbonyl (C=O) groups excluding carboxylic acids is 1. The molecule has 23 heavy (non-hydrogen) atoms. The maximum Gasteiger partial charge on any atom is 0.455 e. The minimum atomic E-state index is -5.03. The Balaban J connectivity index is 2.56. The van der Waals surface area contributed by atoms with Gasteiger partial charge in [-0.15, -0.1) is 5.10 Å². The minimum absolute atomic E-state index is 0.289. The van der Waals surface area contributed by atoms with E-state index in [4.69, 9.17) is 0 Å². The molecule has 1 aromatic carbocycles. The number of carbonyl (C=O) groups is 1. The first kappa shape index (κ1) is 17.1. The van der Waals surface area contributed by atoms with Crippen LogP contribution in [0.3, 0.4) is 0 Å². The van der Waals surface area contributed by atoms with Gasteiger partial charge in [-0.3, -0.25) is 4.79 Å². The monoisotopic (exact) mass is 389 g/mol. The molecule has 0 saturated heterocycles. The molecule has 0 amide bonds. The summed E-state index contributed by atoms with van der Waals surface area (Å²) in [5, 5.41) is 10.6. The average molecular weight is 390 g/mol. The second-order valence-electron chi connectivity index (χ2n) is 4.72. The fourth-order valence-corrected chi connectivity index (χ4v) is 2.00. The van der Waals surface area contributed by atoms with Crippen LogP contribution in [-0.2, 0) is 4.79 Å². The van der Waals surface area contributed by atoms with Gasteiger partial charge in [0.1, 0.15) is 0 Å². The van der Waals surface area contributed by atoms with Crippen molar-refractivity contribution in [3.63, 3.8) is 0 Å². The number of ketones is 1. The Hall–Kier alpha value is -2.23. The molecule has 1 aromatic heterocycles. The second kappa shape index (κ2) is 6.49. The molecule has 0 atom stereocenters. The fraction of sp³-hybridized carbons (Fsp3) is 0.231. The van der Waals surface area contributed by atoms with Gasteiger partial charge in [-0.05, 0) is 34.7 Å². The lowest BCUT2D eigenvalue weighted by molar-refractivity contribution is -0.164. The molecular weight excluding hydrogens is 379 g/mol. The van der Waals surface area contributed by atoms with Gasteiger partial charge >= 0.3 is 6.18 Å². The summed E-state index contributed by atoms with van der Waals surface area (Å²) in [5.74, 6) is -2.30. The van der Waals surface area contributed by atoms with Crippen molar-refractivity contribution >= 4 is 27.3 Å². The first-order valence-electron chi connectivity index (χ1n) is 6.24. The molecule has 0 bridgehead atoms. The number of halogens is 4. The van der Waals surface area contributed by atoms with Gasteiger partial charge in [0.15, 0.2) is 5.82 Å². The molecule has 122 valence electrons. The molecule has 0 aliphatic rings. The molecule has 2 aromatic rings. The summed E-state index contributed by atoms with van der Waals surface area (Å²) in [6, 6.07) is 6.58. The summed E-state index contributed by atoms with van der Waals surface area (Å²) in [7, 11) is 2.99. The number of benzene rings is 1. The van der Waals surface area contributed by atoms with E-state index in [2.05, 4.69) is 31.5 Å². The lowest BCUT2D eigenvalue weighted by Crippen LogP contribution is -2.26. The molecule has 0 aliphatic carbocycles. The van der Waals surface area contributed by atoms with Crippen LogP contribution < -0.4 is 0 Å². The molecule has 6 nitrogen and oxygen atoms in total. The van der Waals surface area contributed by atoms with Gasteiger partial charge in [-0.1, -0.05) is 15.9 Å². The van der Waals surface area contributed by atoms with E-state index >= 15 is 0 Å². The zero-order valence-corrected chi connectivity index (χ0v) is 13.6. The van der Waals surface area contributed by atoms with E-state index in [1.54, 1.807) is 24.3 Å². The first-order valence-corrected chi connectivity index (χ1v) is 7.04. The molecule has 0 fully saturated rings. The van der Waals surface area contributed by atoms with Crippen molar-refractivity contribution in [1.82, 2.24) is 25.1 Å².